The van der Waals surface area contributed by atoms with Gasteiger partial charge in [0, 0.05) is 18.8 Å². The lowest BCUT2D eigenvalue weighted by Gasteiger charge is -2.24. The van der Waals surface area contributed by atoms with Crippen LogP contribution in [0.4, 0.5) is 5.69 Å². The number of hydrogen-bond acceptors (Lipinski definition) is 3. The van der Waals surface area contributed by atoms with E-state index < -0.39 is 0 Å². The zero-order chi connectivity index (χ0) is 10.9. The number of anilines is 1. The molecule has 3 nitrogen and oxygen atoms in total. The molecule has 108 valence electrons. The predicted octanol–water partition coefficient (Wildman–Crippen LogP) is 2.46. The molecular weight excluding hydrogens is 293 g/mol. The summed E-state index contributed by atoms with van der Waals surface area (Å²) in [5, 5.41) is 0. The minimum atomic E-state index is 0. The molecule has 1 rings (SSSR count). The van der Waals surface area contributed by atoms with Crippen molar-refractivity contribution in [3.63, 3.8) is 0 Å². The molecule has 0 unspecified atom stereocenters. The Labute approximate surface area is 129 Å². The summed E-state index contributed by atoms with van der Waals surface area (Å²) in [6.07, 6.45) is 2.05. The maximum Gasteiger partial charge on any atom is 0.0366 e. The highest BCUT2D eigenvalue weighted by molar-refractivity contribution is 5.86. The number of benzene rings is 1. The van der Waals surface area contributed by atoms with Crippen molar-refractivity contribution >= 4 is 42.9 Å². The zero-order valence-corrected chi connectivity index (χ0v) is 12.9. The first-order valence-electron chi connectivity index (χ1n) is 5.58. The molecule has 6 heteroatoms. The fourth-order valence-electron chi connectivity index (χ4n) is 1.57. The Kier molecular flexibility index (Phi) is 19.0. The van der Waals surface area contributed by atoms with Crippen LogP contribution in [0.15, 0.2) is 30.3 Å². The van der Waals surface area contributed by atoms with E-state index in [1.165, 1.54) is 5.69 Å². The topological polar surface area (TPSA) is 55.3 Å². The van der Waals surface area contributed by atoms with E-state index in [1.807, 2.05) is 6.07 Å². The molecule has 0 saturated carbocycles. The van der Waals surface area contributed by atoms with Gasteiger partial charge in [-0.15, -0.1) is 37.2 Å². The van der Waals surface area contributed by atoms with Crippen LogP contribution in [0.3, 0.4) is 0 Å². The van der Waals surface area contributed by atoms with Crippen LogP contribution < -0.4 is 16.4 Å². The normalized spacial score (nSPS) is 8.56. The van der Waals surface area contributed by atoms with E-state index in [1.54, 1.807) is 0 Å². The number of nitrogens with zero attached hydrogens (tertiary/aromatic N) is 1. The van der Waals surface area contributed by atoms with Crippen molar-refractivity contribution in [3.8, 4) is 0 Å². The lowest BCUT2D eigenvalue weighted by atomic mass is 10.2. The van der Waals surface area contributed by atoms with Gasteiger partial charge in [-0.1, -0.05) is 18.2 Å². The fraction of sp³-hybridized carbons (Fsp3) is 0.500. The molecule has 0 aromatic heterocycles. The van der Waals surface area contributed by atoms with Crippen molar-refractivity contribution in [2.24, 2.45) is 11.5 Å². The molecule has 0 fully saturated rings. The molecule has 4 N–H and O–H groups in total. The van der Waals surface area contributed by atoms with E-state index in [2.05, 4.69) is 29.2 Å². The Morgan fingerprint density at radius 3 is 1.61 bits per heavy atom. The van der Waals surface area contributed by atoms with Crippen LogP contribution >= 0.6 is 37.2 Å². The standard InChI is InChI=1S/C12H21N3.3ClH/c13-8-4-10-15(11-5-9-14)12-6-2-1-3-7-12;;;/h1-3,6-7H,4-5,8-11,13-14H2;3*1H. The highest BCUT2D eigenvalue weighted by atomic mass is 35.5. The Balaban J connectivity index is -0.000000750. The van der Waals surface area contributed by atoms with Gasteiger partial charge in [-0.3, -0.25) is 0 Å². The quantitative estimate of drug-likeness (QED) is 0.812. The van der Waals surface area contributed by atoms with Crippen LogP contribution in [0.2, 0.25) is 0 Å². The van der Waals surface area contributed by atoms with Gasteiger partial charge in [0.15, 0.2) is 0 Å². The maximum atomic E-state index is 5.53. The van der Waals surface area contributed by atoms with Crippen LogP contribution in [-0.4, -0.2) is 26.2 Å². The minimum Gasteiger partial charge on any atom is -0.371 e. The van der Waals surface area contributed by atoms with Crippen molar-refractivity contribution in [1.82, 2.24) is 0 Å². The van der Waals surface area contributed by atoms with Crippen LogP contribution in [0.25, 0.3) is 0 Å². The maximum absolute atomic E-state index is 5.53. The number of halogens is 3. The first-order valence-corrected chi connectivity index (χ1v) is 5.58. The summed E-state index contributed by atoms with van der Waals surface area (Å²) in [5.41, 5.74) is 12.3. The van der Waals surface area contributed by atoms with Gasteiger partial charge < -0.3 is 16.4 Å². The molecule has 0 aliphatic heterocycles. The molecule has 0 radical (unpaired) electrons. The van der Waals surface area contributed by atoms with Crippen molar-refractivity contribution in [2.45, 2.75) is 12.8 Å². The average molecular weight is 317 g/mol. The minimum absolute atomic E-state index is 0. The third-order valence-corrected chi connectivity index (χ3v) is 2.39. The van der Waals surface area contributed by atoms with Crippen molar-refractivity contribution < 1.29 is 0 Å². The first-order chi connectivity index (χ1) is 7.38. The summed E-state index contributed by atoms with van der Waals surface area (Å²) in [7, 11) is 0. The van der Waals surface area contributed by atoms with Crippen molar-refractivity contribution in [3.05, 3.63) is 30.3 Å². The summed E-state index contributed by atoms with van der Waals surface area (Å²) < 4.78 is 0. The second-order valence-electron chi connectivity index (χ2n) is 3.61. The van der Waals surface area contributed by atoms with Crippen LogP contribution in [-0.2, 0) is 0 Å². The second-order valence-corrected chi connectivity index (χ2v) is 3.61. The van der Waals surface area contributed by atoms with E-state index in [9.17, 15) is 0 Å². The molecule has 0 saturated heterocycles. The van der Waals surface area contributed by atoms with Crippen LogP contribution in [0, 0.1) is 0 Å². The van der Waals surface area contributed by atoms with Crippen molar-refractivity contribution in [2.75, 3.05) is 31.1 Å². The Bertz CT molecular complexity index is 252. The molecule has 18 heavy (non-hydrogen) atoms. The number of rotatable bonds is 7. The highest BCUT2D eigenvalue weighted by Gasteiger charge is 2.03. The van der Waals surface area contributed by atoms with Crippen molar-refractivity contribution in [1.29, 1.82) is 0 Å². The van der Waals surface area contributed by atoms with E-state index in [0.29, 0.717) is 0 Å². The van der Waals surface area contributed by atoms with E-state index in [0.717, 1.165) is 39.0 Å². The number of hydrogen-bond donors (Lipinski definition) is 2. The largest absolute Gasteiger partial charge is 0.371 e. The van der Waals surface area contributed by atoms with Gasteiger partial charge in [0.25, 0.3) is 0 Å². The predicted molar refractivity (Wildman–Crippen MR) is 87.7 cm³/mol. The highest BCUT2D eigenvalue weighted by Crippen LogP contribution is 2.13. The Morgan fingerprint density at radius 1 is 0.778 bits per heavy atom. The van der Waals surface area contributed by atoms with Crippen LogP contribution in [0.5, 0.6) is 0 Å². The number of nitrogens with two attached hydrogens (primary N) is 2. The molecular formula is C12H24Cl3N3. The van der Waals surface area contributed by atoms with Gasteiger partial charge in [0.2, 0.25) is 0 Å². The molecule has 0 spiro atoms. The molecule has 0 atom stereocenters. The average Bonchev–Trinajstić information content (AvgIpc) is 2.30. The monoisotopic (exact) mass is 315 g/mol. The molecule has 0 amide bonds. The van der Waals surface area contributed by atoms with E-state index in [4.69, 9.17) is 11.5 Å². The molecule has 0 bridgehead atoms. The van der Waals surface area contributed by atoms with Gasteiger partial charge >= 0.3 is 0 Å². The summed E-state index contributed by atoms with van der Waals surface area (Å²) >= 11 is 0. The van der Waals surface area contributed by atoms with Gasteiger partial charge in [0.1, 0.15) is 0 Å². The van der Waals surface area contributed by atoms with E-state index >= 15 is 0 Å². The summed E-state index contributed by atoms with van der Waals surface area (Å²) in [5.74, 6) is 0. The van der Waals surface area contributed by atoms with E-state index in [-0.39, 0.29) is 37.2 Å². The Hall–Kier alpha value is -0.190. The SMILES string of the molecule is Cl.Cl.Cl.NCCCN(CCCN)c1ccccc1. The molecule has 0 aliphatic carbocycles. The molecule has 0 heterocycles. The van der Waals surface area contributed by atoms with Gasteiger partial charge in [-0.05, 0) is 38.1 Å². The lowest BCUT2D eigenvalue weighted by molar-refractivity contribution is 0.702. The fourth-order valence-corrected chi connectivity index (χ4v) is 1.57. The van der Waals surface area contributed by atoms with Gasteiger partial charge in [-0.25, -0.2) is 0 Å². The first kappa shape index (κ1) is 22.9. The second kappa shape index (κ2) is 14.9. The smallest absolute Gasteiger partial charge is 0.0366 e. The molecule has 0 aliphatic rings. The molecule has 1 aromatic rings. The summed E-state index contributed by atoms with van der Waals surface area (Å²) in [4.78, 5) is 2.35. The van der Waals surface area contributed by atoms with Gasteiger partial charge in [-0.2, -0.15) is 0 Å². The third-order valence-electron chi connectivity index (χ3n) is 2.39. The number of para-hydroxylation sites is 1. The summed E-state index contributed by atoms with van der Waals surface area (Å²) in [6.45, 7) is 3.51. The Morgan fingerprint density at radius 2 is 1.22 bits per heavy atom. The third kappa shape index (κ3) is 8.84. The molecule has 1 aromatic carbocycles. The zero-order valence-electron chi connectivity index (χ0n) is 10.5. The summed E-state index contributed by atoms with van der Waals surface area (Å²) in [6, 6.07) is 10.4. The van der Waals surface area contributed by atoms with Gasteiger partial charge in [0.05, 0.1) is 0 Å². The lowest BCUT2D eigenvalue weighted by Crippen LogP contribution is -2.28. The van der Waals surface area contributed by atoms with Crippen LogP contribution in [0.1, 0.15) is 12.8 Å².